The highest BCUT2D eigenvalue weighted by Crippen LogP contribution is 2.29. The van der Waals surface area contributed by atoms with Gasteiger partial charge in [0.25, 0.3) is 0 Å². The number of hydrogen-bond acceptors (Lipinski definition) is 3. The van der Waals surface area contributed by atoms with Crippen molar-refractivity contribution >= 4 is 5.69 Å². The third-order valence-corrected chi connectivity index (χ3v) is 2.68. The van der Waals surface area contributed by atoms with Crippen molar-refractivity contribution in [2.24, 2.45) is 0 Å². The molecule has 0 aliphatic rings. The number of methoxy groups -OCH3 is 1. The minimum Gasteiger partial charge on any atom is -0.495 e. The molecule has 0 amide bonds. The fourth-order valence-corrected chi connectivity index (χ4v) is 1.85. The summed E-state index contributed by atoms with van der Waals surface area (Å²) in [6, 6.07) is 8.09. The number of rotatable bonds is 3. The third kappa shape index (κ3) is 2.11. The molecule has 0 atom stereocenters. The molecule has 0 radical (unpaired) electrons. The minimum absolute atomic E-state index is 0.323. The summed E-state index contributed by atoms with van der Waals surface area (Å²) in [4.78, 5) is 0. The van der Waals surface area contributed by atoms with Crippen LogP contribution in [-0.2, 0) is 0 Å². The first kappa shape index (κ1) is 11.5. The van der Waals surface area contributed by atoms with Crippen LogP contribution < -0.4 is 10.5 Å². The molecule has 90 valence electrons. The van der Waals surface area contributed by atoms with Crippen molar-refractivity contribution in [2.75, 3.05) is 12.8 Å². The van der Waals surface area contributed by atoms with E-state index in [-0.39, 0.29) is 0 Å². The highest BCUT2D eigenvalue weighted by Gasteiger charge is 2.09. The zero-order valence-electron chi connectivity index (χ0n) is 10.3. The van der Waals surface area contributed by atoms with Crippen molar-refractivity contribution in [3.8, 4) is 17.0 Å². The number of ether oxygens (including phenoxy) is 1. The van der Waals surface area contributed by atoms with Gasteiger partial charge < -0.3 is 10.5 Å². The Bertz CT molecular complexity index is 517. The van der Waals surface area contributed by atoms with Crippen molar-refractivity contribution in [1.82, 2.24) is 9.78 Å². The number of nitrogens with zero attached hydrogens (tertiary/aromatic N) is 2. The van der Waals surface area contributed by atoms with Crippen molar-refractivity contribution in [1.29, 1.82) is 0 Å². The van der Waals surface area contributed by atoms with Crippen LogP contribution in [0.25, 0.3) is 11.3 Å². The molecule has 0 saturated carbocycles. The monoisotopic (exact) mass is 231 g/mol. The lowest BCUT2D eigenvalue weighted by Crippen LogP contribution is -2.04. The van der Waals surface area contributed by atoms with E-state index in [9.17, 15) is 0 Å². The molecule has 17 heavy (non-hydrogen) atoms. The second-order valence-corrected chi connectivity index (χ2v) is 4.21. The highest BCUT2D eigenvalue weighted by atomic mass is 16.5. The van der Waals surface area contributed by atoms with Gasteiger partial charge in [0.15, 0.2) is 0 Å². The molecule has 4 heteroatoms. The number of anilines is 1. The number of nitrogens with two attached hydrogens (primary N) is 1. The molecule has 1 aromatic heterocycles. The van der Waals surface area contributed by atoms with Crippen molar-refractivity contribution < 1.29 is 4.74 Å². The third-order valence-electron chi connectivity index (χ3n) is 2.68. The van der Waals surface area contributed by atoms with Gasteiger partial charge in [0.1, 0.15) is 5.75 Å². The number of hydrogen-bond donors (Lipinski definition) is 1. The summed E-state index contributed by atoms with van der Waals surface area (Å²) < 4.78 is 7.12. The van der Waals surface area contributed by atoms with E-state index in [2.05, 4.69) is 18.9 Å². The van der Waals surface area contributed by atoms with Crippen LogP contribution in [0.15, 0.2) is 30.5 Å². The molecule has 2 rings (SSSR count). The lowest BCUT2D eigenvalue weighted by atomic mass is 10.1. The zero-order chi connectivity index (χ0) is 12.4. The highest BCUT2D eigenvalue weighted by molar-refractivity contribution is 5.68. The van der Waals surface area contributed by atoms with Gasteiger partial charge in [-0.3, -0.25) is 4.68 Å². The Morgan fingerprint density at radius 3 is 2.65 bits per heavy atom. The van der Waals surface area contributed by atoms with Crippen molar-refractivity contribution in [2.45, 2.75) is 19.9 Å². The molecule has 0 aliphatic heterocycles. The molecule has 0 bridgehead atoms. The summed E-state index contributed by atoms with van der Waals surface area (Å²) in [5.41, 5.74) is 8.66. The van der Waals surface area contributed by atoms with Gasteiger partial charge in [0, 0.05) is 17.8 Å². The Kier molecular flexibility index (Phi) is 3.04. The van der Waals surface area contributed by atoms with Crippen LogP contribution in [-0.4, -0.2) is 16.9 Å². The van der Waals surface area contributed by atoms with Gasteiger partial charge in [0.2, 0.25) is 0 Å². The summed E-state index contributed by atoms with van der Waals surface area (Å²) in [6.45, 7) is 4.20. The molecule has 2 aromatic rings. The molecule has 1 aromatic carbocycles. The van der Waals surface area contributed by atoms with Crippen LogP contribution in [0, 0.1) is 0 Å². The minimum atomic E-state index is 0.323. The molecule has 0 spiro atoms. The average Bonchev–Trinajstić information content (AvgIpc) is 2.77. The lowest BCUT2D eigenvalue weighted by molar-refractivity contribution is 0.417. The summed E-state index contributed by atoms with van der Waals surface area (Å²) >= 11 is 0. The molecule has 0 fully saturated rings. The SMILES string of the molecule is COc1ccc(-c2ccnn2C(C)C)cc1N. The maximum Gasteiger partial charge on any atom is 0.141 e. The van der Waals surface area contributed by atoms with Gasteiger partial charge in [-0.05, 0) is 38.1 Å². The van der Waals surface area contributed by atoms with Crippen LogP contribution in [0.1, 0.15) is 19.9 Å². The molecular formula is C13H17N3O. The van der Waals surface area contributed by atoms with Crippen LogP contribution >= 0.6 is 0 Å². The normalized spacial score (nSPS) is 10.8. The van der Waals surface area contributed by atoms with Gasteiger partial charge in [-0.1, -0.05) is 0 Å². The smallest absolute Gasteiger partial charge is 0.141 e. The van der Waals surface area contributed by atoms with E-state index in [4.69, 9.17) is 10.5 Å². The van der Waals surface area contributed by atoms with Gasteiger partial charge in [-0.15, -0.1) is 0 Å². The fourth-order valence-electron chi connectivity index (χ4n) is 1.85. The standard InChI is InChI=1S/C13H17N3O/c1-9(2)16-12(6-7-15-16)10-4-5-13(17-3)11(14)8-10/h4-9H,14H2,1-3H3. The van der Waals surface area contributed by atoms with Gasteiger partial charge in [0.05, 0.1) is 18.5 Å². The van der Waals surface area contributed by atoms with Crippen LogP contribution in [0.5, 0.6) is 5.75 Å². The first-order valence-corrected chi connectivity index (χ1v) is 5.61. The van der Waals surface area contributed by atoms with E-state index in [1.165, 1.54) is 0 Å². The van der Waals surface area contributed by atoms with Crippen molar-refractivity contribution in [3.05, 3.63) is 30.5 Å². The molecular weight excluding hydrogens is 214 g/mol. The second kappa shape index (κ2) is 4.49. The maximum atomic E-state index is 5.91. The summed E-state index contributed by atoms with van der Waals surface area (Å²) in [7, 11) is 1.61. The Morgan fingerprint density at radius 1 is 1.29 bits per heavy atom. The van der Waals surface area contributed by atoms with Crippen LogP contribution in [0.3, 0.4) is 0 Å². The number of nitrogen functional groups attached to an aromatic ring is 1. The van der Waals surface area contributed by atoms with E-state index in [1.807, 2.05) is 28.9 Å². The summed E-state index contributed by atoms with van der Waals surface area (Å²) in [5, 5.41) is 4.31. The van der Waals surface area contributed by atoms with E-state index < -0.39 is 0 Å². The van der Waals surface area contributed by atoms with Gasteiger partial charge in [-0.25, -0.2) is 0 Å². The zero-order valence-corrected chi connectivity index (χ0v) is 10.3. The van der Waals surface area contributed by atoms with Crippen LogP contribution in [0.2, 0.25) is 0 Å². The number of benzene rings is 1. The van der Waals surface area contributed by atoms with Crippen molar-refractivity contribution in [3.63, 3.8) is 0 Å². The first-order valence-electron chi connectivity index (χ1n) is 5.61. The molecule has 2 N–H and O–H groups in total. The average molecular weight is 231 g/mol. The predicted octanol–water partition coefficient (Wildman–Crippen LogP) is 2.72. The summed E-state index contributed by atoms with van der Waals surface area (Å²) in [5.74, 6) is 0.698. The largest absolute Gasteiger partial charge is 0.495 e. The molecule has 0 saturated heterocycles. The van der Waals surface area contributed by atoms with E-state index in [0.29, 0.717) is 17.5 Å². The quantitative estimate of drug-likeness (QED) is 0.826. The number of aromatic nitrogens is 2. The van der Waals surface area contributed by atoms with E-state index in [1.54, 1.807) is 13.3 Å². The maximum absolute atomic E-state index is 5.91. The Hall–Kier alpha value is -1.97. The van der Waals surface area contributed by atoms with Crippen LogP contribution in [0.4, 0.5) is 5.69 Å². The van der Waals surface area contributed by atoms with E-state index in [0.717, 1.165) is 11.3 Å². The lowest BCUT2D eigenvalue weighted by Gasteiger charge is -2.12. The Morgan fingerprint density at radius 2 is 2.06 bits per heavy atom. The summed E-state index contributed by atoms with van der Waals surface area (Å²) in [6.07, 6.45) is 1.80. The molecule has 1 heterocycles. The topological polar surface area (TPSA) is 53.1 Å². The first-order chi connectivity index (χ1) is 8.13. The molecule has 4 nitrogen and oxygen atoms in total. The molecule has 0 unspecified atom stereocenters. The predicted molar refractivity (Wildman–Crippen MR) is 69.0 cm³/mol. The second-order valence-electron chi connectivity index (χ2n) is 4.21. The Labute approximate surface area is 101 Å². The van der Waals surface area contributed by atoms with Gasteiger partial charge >= 0.3 is 0 Å². The van der Waals surface area contributed by atoms with Gasteiger partial charge in [-0.2, -0.15) is 5.10 Å². The van der Waals surface area contributed by atoms with E-state index >= 15 is 0 Å². The fraction of sp³-hybridized carbons (Fsp3) is 0.308. The Balaban J connectivity index is 2.46. The molecule has 0 aliphatic carbocycles.